The van der Waals surface area contributed by atoms with Crippen molar-refractivity contribution in [3.8, 4) is 23.0 Å². The van der Waals surface area contributed by atoms with Crippen molar-refractivity contribution in [1.29, 1.82) is 0 Å². The van der Waals surface area contributed by atoms with E-state index in [9.17, 15) is 13.9 Å². The third-order valence-corrected chi connectivity index (χ3v) is 5.80. The van der Waals surface area contributed by atoms with Crippen molar-refractivity contribution in [3.63, 3.8) is 0 Å². The van der Waals surface area contributed by atoms with Crippen molar-refractivity contribution in [2.45, 2.75) is 18.9 Å². The van der Waals surface area contributed by atoms with Crippen molar-refractivity contribution in [1.82, 2.24) is 20.2 Å². The average Bonchev–Trinajstić information content (AvgIpc) is 3.42. The molecule has 0 aliphatic carbocycles. The molecule has 1 saturated heterocycles. The zero-order valence-corrected chi connectivity index (χ0v) is 17.5. The largest absolute Gasteiger partial charge is 0.421 e. The zero-order valence-electron chi connectivity index (χ0n) is 16.7. The maximum Gasteiger partial charge on any atom is 0.326 e. The molecule has 3 heterocycles. The fraction of sp³-hybridized carbons (Fsp3) is 0.227. The topological polar surface area (TPSA) is 87.2 Å². The van der Waals surface area contributed by atoms with E-state index in [1.165, 1.54) is 6.07 Å². The number of anilines is 1. The number of fused-ring (bicyclic) bond motifs is 1. The Hall–Kier alpha value is -3.30. The molecule has 1 aliphatic heterocycles. The van der Waals surface area contributed by atoms with Crippen molar-refractivity contribution in [2.24, 2.45) is 0 Å². The third-order valence-electron chi connectivity index (χ3n) is 5.47. The lowest BCUT2D eigenvalue weighted by Gasteiger charge is -2.25. The van der Waals surface area contributed by atoms with Crippen LogP contribution in [-0.4, -0.2) is 44.5 Å². The van der Waals surface area contributed by atoms with E-state index >= 15 is 0 Å². The van der Waals surface area contributed by atoms with E-state index in [0.29, 0.717) is 34.1 Å². The number of halogens is 3. The van der Waals surface area contributed by atoms with Crippen LogP contribution in [0.4, 0.5) is 14.6 Å². The minimum atomic E-state index is -0.872. The normalized spacial score (nSPS) is 16.1. The summed E-state index contributed by atoms with van der Waals surface area (Å²) in [5, 5.41) is 18.3. The summed E-state index contributed by atoms with van der Waals surface area (Å²) in [6.45, 7) is 0.613. The van der Waals surface area contributed by atoms with Gasteiger partial charge in [-0.2, -0.15) is 15.1 Å². The second kappa shape index (κ2) is 8.33. The van der Waals surface area contributed by atoms with E-state index in [0.717, 1.165) is 30.5 Å². The van der Waals surface area contributed by atoms with Crippen molar-refractivity contribution in [3.05, 3.63) is 59.1 Å². The standard InChI is InChI=1S/C22H18ClF2N5O2/c23-15-6-2-1-5-14(15)19-18-20(29-28-19)26-22(32-17-8-7-12(24)10-16(17)25)27-21(18)30-9-3-4-13(30)11-31/h1-2,5-8,10,13,31H,3-4,9,11H2,(H,26,27,28,29). The van der Waals surface area contributed by atoms with Crippen LogP contribution < -0.4 is 9.64 Å². The van der Waals surface area contributed by atoms with Crippen LogP contribution in [0.25, 0.3) is 22.3 Å². The lowest BCUT2D eigenvalue weighted by atomic mass is 10.1. The van der Waals surface area contributed by atoms with Crippen LogP contribution in [0.2, 0.25) is 5.02 Å². The highest BCUT2D eigenvalue weighted by atomic mass is 35.5. The van der Waals surface area contributed by atoms with Gasteiger partial charge in [0.25, 0.3) is 0 Å². The van der Waals surface area contributed by atoms with Gasteiger partial charge in [0.15, 0.2) is 17.2 Å². The van der Waals surface area contributed by atoms with Gasteiger partial charge in [-0.25, -0.2) is 8.78 Å². The van der Waals surface area contributed by atoms with Gasteiger partial charge in [0.05, 0.1) is 23.7 Å². The highest BCUT2D eigenvalue weighted by molar-refractivity contribution is 6.33. The molecule has 2 aromatic carbocycles. The molecule has 0 amide bonds. The highest BCUT2D eigenvalue weighted by Crippen LogP contribution is 2.39. The van der Waals surface area contributed by atoms with Gasteiger partial charge < -0.3 is 14.7 Å². The molecule has 4 aromatic rings. The van der Waals surface area contributed by atoms with Gasteiger partial charge in [0.1, 0.15) is 11.6 Å². The Balaban J connectivity index is 1.68. The molecule has 164 valence electrons. The van der Waals surface area contributed by atoms with Crippen molar-refractivity contribution in [2.75, 3.05) is 18.1 Å². The first-order chi connectivity index (χ1) is 15.5. The van der Waals surface area contributed by atoms with Crippen molar-refractivity contribution < 1.29 is 18.6 Å². The molecule has 7 nitrogen and oxygen atoms in total. The molecular formula is C22H18ClF2N5O2. The Morgan fingerprint density at radius 3 is 2.81 bits per heavy atom. The Kier molecular flexibility index (Phi) is 5.36. The lowest BCUT2D eigenvalue weighted by molar-refractivity contribution is 0.266. The zero-order chi connectivity index (χ0) is 22.2. The summed E-state index contributed by atoms with van der Waals surface area (Å²) < 4.78 is 32.9. The molecule has 0 spiro atoms. The molecule has 5 rings (SSSR count). The molecule has 2 aromatic heterocycles. The molecule has 32 heavy (non-hydrogen) atoms. The minimum absolute atomic E-state index is 0.0481. The quantitative estimate of drug-likeness (QED) is 0.451. The number of aliphatic hydroxyl groups is 1. The van der Waals surface area contributed by atoms with Crippen LogP contribution in [0, 0.1) is 11.6 Å². The molecule has 2 N–H and O–H groups in total. The van der Waals surface area contributed by atoms with Gasteiger partial charge in [0, 0.05) is 23.2 Å². The number of rotatable bonds is 5. The summed E-state index contributed by atoms with van der Waals surface area (Å²) in [6, 6.07) is 10.0. The Morgan fingerprint density at radius 2 is 2.03 bits per heavy atom. The van der Waals surface area contributed by atoms with Gasteiger partial charge in [-0.1, -0.05) is 29.8 Å². The Bertz CT molecular complexity index is 1300. The minimum Gasteiger partial charge on any atom is -0.421 e. The SMILES string of the molecule is OCC1CCCN1c1nc(Oc2ccc(F)cc2F)nc2n[nH]c(-c3ccccc3Cl)c12. The van der Waals surface area contributed by atoms with E-state index in [-0.39, 0.29) is 24.4 Å². The maximum absolute atomic E-state index is 14.1. The van der Waals surface area contributed by atoms with Gasteiger partial charge in [0.2, 0.25) is 0 Å². The summed E-state index contributed by atoms with van der Waals surface area (Å²) >= 11 is 6.41. The third kappa shape index (κ3) is 3.63. The predicted molar refractivity (Wildman–Crippen MR) is 116 cm³/mol. The van der Waals surface area contributed by atoms with Crippen LogP contribution in [0.15, 0.2) is 42.5 Å². The summed E-state index contributed by atoms with van der Waals surface area (Å²) in [5.41, 5.74) is 1.65. The molecule has 10 heteroatoms. The number of aliphatic hydroxyl groups excluding tert-OH is 1. The summed E-state index contributed by atoms with van der Waals surface area (Å²) in [5.74, 6) is -1.30. The number of nitrogens with one attached hydrogen (secondary N) is 1. The number of aromatic nitrogens is 4. The first-order valence-electron chi connectivity index (χ1n) is 10.1. The van der Waals surface area contributed by atoms with Crippen LogP contribution in [0.1, 0.15) is 12.8 Å². The van der Waals surface area contributed by atoms with Crippen LogP contribution in [0.3, 0.4) is 0 Å². The number of aromatic amines is 1. The smallest absolute Gasteiger partial charge is 0.326 e. The molecule has 0 bridgehead atoms. The van der Waals surface area contributed by atoms with Crippen LogP contribution in [0.5, 0.6) is 11.8 Å². The fourth-order valence-electron chi connectivity index (χ4n) is 3.96. The van der Waals surface area contributed by atoms with Gasteiger partial charge >= 0.3 is 6.01 Å². The number of hydrogen-bond donors (Lipinski definition) is 2. The second-order valence-corrected chi connectivity index (χ2v) is 7.86. The van der Waals surface area contributed by atoms with E-state index in [1.807, 2.05) is 23.1 Å². The number of benzene rings is 2. The molecule has 0 radical (unpaired) electrons. The van der Waals surface area contributed by atoms with E-state index in [1.54, 1.807) is 6.07 Å². The van der Waals surface area contributed by atoms with Gasteiger partial charge in [-0.15, -0.1) is 0 Å². The molecular weight excluding hydrogens is 440 g/mol. The number of hydrogen-bond acceptors (Lipinski definition) is 6. The van der Waals surface area contributed by atoms with E-state index in [2.05, 4.69) is 20.2 Å². The summed E-state index contributed by atoms with van der Waals surface area (Å²) in [6.07, 6.45) is 1.67. The number of nitrogens with zero attached hydrogens (tertiary/aromatic N) is 4. The summed E-state index contributed by atoms with van der Waals surface area (Å²) in [7, 11) is 0. The monoisotopic (exact) mass is 457 g/mol. The second-order valence-electron chi connectivity index (χ2n) is 7.46. The van der Waals surface area contributed by atoms with Crippen molar-refractivity contribution >= 4 is 28.5 Å². The molecule has 1 atom stereocenters. The highest BCUT2D eigenvalue weighted by Gasteiger charge is 2.30. The fourth-order valence-corrected chi connectivity index (χ4v) is 4.19. The van der Waals surface area contributed by atoms with Gasteiger partial charge in [-0.05, 0) is 31.0 Å². The molecule has 1 fully saturated rings. The van der Waals surface area contributed by atoms with Gasteiger partial charge in [-0.3, -0.25) is 5.10 Å². The maximum atomic E-state index is 14.1. The predicted octanol–water partition coefficient (Wildman–Crippen LogP) is 4.70. The van der Waals surface area contributed by atoms with Crippen LogP contribution >= 0.6 is 11.6 Å². The Labute approximate surface area is 186 Å². The molecule has 1 aliphatic rings. The lowest BCUT2D eigenvalue weighted by Crippen LogP contribution is -2.33. The average molecular weight is 458 g/mol. The number of ether oxygens (including phenoxy) is 1. The summed E-state index contributed by atoms with van der Waals surface area (Å²) in [4.78, 5) is 10.8. The number of H-pyrrole nitrogens is 1. The molecule has 0 saturated carbocycles. The van der Waals surface area contributed by atoms with Crippen LogP contribution in [-0.2, 0) is 0 Å². The first-order valence-corrected chi connectivity index (χ1v) is 10.4. The van der Waals surface area contributed by atoms with E-state index in [4.69, 9.17) is 16.3 Å². The first kappa shape index (κ1) is 20.6. The molecule has 1 unspecified atom stereocenters. The van der Waals surface area contributed by atoms with E-state index < -0.39 is 11.6 Å². The Morgan fingerprint density at radius 1 is 1.19 bits per heavy atom.